The molecule has 52 heavy (non-hydrogen) atoms. The number of quaternary nitrogens is 1. The van der Waals surface area contributed by atoms with Crippen LogP contribution in [0.3, 0.4) is 0 Å². The zero-order chi connectivity index (χ0) is 37.0. The first kappa shape index (κ1) is 54.8. The monoisotopic (exact) mass is 846 g/mol. The Morgan fingerprint density at radius 3 is 0.462 bits per heavy atom. The maximum absolute atomic E-state index is 2.40. The molecule has 0 aliphatic carbocycles. The van der Waals surface area contributed by atoms with E-state index < -0.39 is 0 Å². The molecule has 0 N–H and O–H groups in total. The Kier molecular flexibility index (Phi) is 50.4. The van der Waals surface area contributed by atoms with Gasteiger partial charge in [-0.25, -0.2) is 0 Å². The van der Waals surface area contributed by atoms with Crippen LogP contribution in [0.15, 0.2) is 0 Å². The van der Waals surface area contributed by atoms with Crippen molar-refractivity contribution in [3.63, 3.8) is 0 Å². The second-order valence-corrected chi connectivity index (χ2v) is 17.7. The number of rotatable bonds is 46. The Labute approximate surface area is 350 Å². The molecular weight excluding hydrogens is 741 g/mol. The van der Waals surface area contributed by atoms with E-state index in [1.807, 2.05) is 0 Å². The highest BCUT2D eigenvalue weighted by atomic mass is 127. The summed E-state index contributed by atoms with van der Waals surface area (Å²) in [5.41, 5.74) is 0. The van der Waals surface area contributed by atoms with Crippen molar-refractivity contribution in [1.82, 2.24) is 0 Å². The molecule has 0 aromatic carbocycles. The van der Waals surface area contributed by atoms with Gasteiger partial charge in [0.2, 0.25) is 0 Å². The van der Waals surface area contributed by atoms with Crippen molar-refractivity contribution in [2.75, 3.05) is 26.2 Å². The fourth-order valence-electron chi connectivity index (χ4n) is 8.76. The van der Waals surface area contributed by atoms with Crippen LogP contribution < -0.4 is 24.0 Å². The van der Waals surface area contributed by atoms with Crippen molar-refractivity contribution in [1.29, 1.82) is 0 Å². The van der Waals surface area contributed by atoms with E-state index in [9.17, 15) is 0 Å². The minimum Gasteiger partial charge on any atom is -1.00 e. The molecule has 0 rings (SSSR count). The van der Waals surface area contributed by atoms with Crippen LogP contribution in [0.25, 0.3) is 0 Å². The Morgan fingerprint density at radius 1 is 0.173 bits per heavy atom. The van der Waals surface area contributed by atoms with E-state index in [1.54, 1.807) is 0 Å². The lowest BCUT2D eigenvalue weighted by Gasteiger charge is -2.39. The summed E-state index contributed by atoms with van der Waals surface area (Å²) in [5, 5.41) is 0. The van der Waals surface area contributed by atoms with E-state index in [0.717, 1.165) is 0 Å². The summed E-state index contributed by atoms with van der Waals surface area (Å²) >= 11 is 0. The lowest BCUT2D eigenvalue weighted by molar-refractivity contribution is -0.929. The smallest absolute Gasteiger partial charge is 0.0786 e. The SMILES string of the molecule is CCCCCCCCCCCCCCC[N+](CCCCC)(CCCCCCCCCCCCCCC)CCCCCCCCCCCCCCC.[I-]. The third-order valence-electron chi connectivity index (χ3n) is 12.4. The first-order chi connectivity index (χ1) is 25.2. The molecule has 0 heterocycles. The number of nitrogens with zero attached hydrogens (tertiary/aromatic N) is 1. The average molecular weight is 846 g/mol. The first-order valence-corrected chi connectivity index (χ1v) is 25.1. The van der Waals surface area contributed by atoms with E-state index in [-0.39, 0.29) is 24.0 Å². The maximum atomic E-state index is 2.40. The lowest BCUT2D eigenvalue weighted by atomic mass is 10.0. The van der Waals surface area contributed by atoms with Gasteiger partial charge in [0.05, 0.1) is 26.2 Å². The van der Waals surface area contributed by atoms with Crippen molar-refractivity contribution < 1.29 is 28.5 Å². The molecule has 0 aliphatic heterocycles. The molecule has 0 spiro atoms. The standard InChI is InChI=1S/C50H104N.HI/c1-5-9-13-16-19-22-25-28-31-34-37-40-44-48-51(47-43-12-8-4,49-45-41-38-35-32-29-26-23-20-17-14-10-6-2)50-46-42-39-36-33-30-27-24-21-18-15-11-7-3;/h5-50H2,1-4H3;1H/q+1;/p-1. The van der Waals surface area contributed by atoms with Gasteiger partial charge in [0, 0.05) is 0 Å². The third-order valence-corrected chi connectivity index (χ3v) is 12.4. The topological polar surface area (TPSA) is 0 Å². The zero-order valence-electron chi connectivity index (χ0n) is 37.4. The molecular formula is C50H104IN. The van der Waals surface area contributed by atoms with Gasteiger partial charge in [0.15, 0.2) is 0 Å². The number of unbranched alkanes of at least 4 members (excludes halogenated alkanes) is 38. The summed E-state index contributed by atoms with van der Waals surface area (Å²) in [4.78, 5) is 0. The predicted octanol–water partition coefficient (Wildman–Crippen LogP) is 15.3. The Hall–Kier alpha value is 0.690. The average Bonchev–Trinajstić information content (AvgIpc) is 3.14. The summed E-state index contributed by atoms with van der Waals surface area (Å²) in [5.74, 6) is 0. The molecule has 0 saturated heterocycles. The molecule has 0 aromatic rings. The van der Waals surface area contributed by atoms with Gasteiger partial charge in [0.1, 0.15) is 0 Å². The quantitative estimate of drug-likeness (QED) is 0.0325. The van der Waals surface area contributed by atoms with E-state index in [1.165, 1.54) is 300 Å². The molecule has 0 amide bonds. The summed E-state index contributed by atoms with van der Waals surface area (Å²) in [7, 11) is 0. The van der Waals surface area contributed by atoms with E-state index in [2.05, 4.69) is 27.7 Å². The van der Waals surface area contributed by atoms with Crippen LogP contribution in [-0.2, 0) is 0 Å². The van der Waals surface area contributed by atoms with Crippen molar-refractivity contribution in [2.24, 2.45) is 0 Å². The van der Waals surface area contributed by atoms with Gasteiger partial charge in [-0.15, -0.1) is 0 Å². The number of halogens is 1. The highest BCUT2D eigenvalue weighted by Crippen LogP contribution is 2.21. The van der Waals surface area contributed by atoms with Gasteiger partial charge < -0.3 is 28.5 Å². The Balaban J connectivity index is 0. The van der Waals surface area contributed by atoms with Crippen LogP contribution in [0.5, 0.6) is 0 Å². The van der Waals surface area contributed by atoms with Gasteiger partial charge >= 0.3 is 0 Å². The molecule has 1 nitrogen and oxygen atoms in total. The molecule has 0 radical (unpaired) electrons. The van der Waals surface area contributed by atoms with Crippen molar-refractivity contribution in [3.05, 3.63) is 0 Å². The number of hydrogen-bond acceptors (Lipinski definition) is 0. The van der Waals surface area contributed by atoms with Crippen LogP contribution in [0, 0.1) is 0 Å². The molecule has 0 bridgehead atoms. The van der Waals surface area contributed by atoms with Gasteiger partial charge in [-0.3, -0.25) is 0 Å². The van der Waals surface area contributed by atoms with E-state index in [0.29, 0.717) is 0 Å². The largest absolute Gasteiger partial charge is 1.00 e. The van der Waals surface area contributed by atoms with Gasteiger partial charge in [-0.1, -0.05) is 246 Å². The third kappa shape index (κ3) is 41.8. The summed E-state index contributed by atoms with van der Waals surface area (Å²) in [6.07, 6.45) is 61.7. The van der Waals surface area contributed by atoms with E-state index in [4.69, 9.17) is 0 Å². The van der Waals surface area contributed by atoms with E-state index >= 15 is 0 Å². The minimum absolute atomic E-state index is 0. The molecule has 2 heteroatoms. The Bertz CT molecular complexity index is 531. The number of hydrogen-bond donors (Lipinski definition) is 0. The summed E-state index contributed by atoms with van der Waals surface area (Å²) < 4.78 is 1.48. The normalized spacial score (nSPS) is 11.8. The molecule has 0 atom stereocenters. The Morgan fingerprint density at radius 2 is 0.288 bits per heavy atom. The molecule has 0 unspecified atom stereocenters. The van der Waals surface area contributed by atoms with Gasteiger partial charge in [-0.2, -0.15) is 0 Å². The van der Waals surface area contributed by atoms with Crippen LogP contribution >= 0.6 is 0 Å². The summed E-state index contributed by atoms with van der Waals surface area (Å²) in [6.45, 7) is 15.3. The first-order valence-electron chi connectivity index (χ1n) is 25.1. The van der Waals surface area contributed by atoms with Crippen molar-refractivity contribution in [3.8, 4) is 0 Å². The van der Waals surface area contributed by atoms with Crippen molar-refractivity contribution in [2.45, 2.75) is 297 Å². The lowest BCUT2D eigenvalue weighted by Crippen LogP contribution is -3.00. The molecule has 0 fully saturated rings. The summed E-state index contributed by atoms with van der Waals surface area (Å²) in [6, 6.07) is 0. The molecule has 316 valence electrons. The maximum Gasteiger partial charge on any atom is 0.0786 e. The van der Waals surface area contributed by atoms with Crippen LogP contribution in [0.2, 0.25) is 0 Å². The fourth-order valence-corrected chi connectivity index (χ4v) is 8.76. The fraction of sp³-hybridized carbons (Fsp3) is 1.00. The zero-order valence-corrected chi connectivity index (χ0v) is 39.5. The molecule has 0 saturated carbocycles. The second-order valence-electron chi connectivity index (χ2n) is 17.7. The second kappa shape index (κ2) is 47.8. The van der Waals surface area contributed by atoms with Gasteiger partial charge in [-0.05, 0) is 51.4 Å². The highest BCUT2D eigenvalue weighted by molar-refractivity contribution is 4.56. The van der Waals surface area contributed by atoms with Crippen LogP contribution in [0.1, 0.15) is 297 Å². The molecule has 0 aromatic heterocycles. The highest BCUT2D eigenvalue weighted by Gasteiger charge is 2.25. The van der Waals surface area contributed by atoms with Crippen LogP contribution in [0.4, 0.5) is 0 Å². The van der Waals surface area contributed by atoms with Gasteiger partial charge in [0.25, 0.3) is 0 Å². The van der Waals surface area contributed by atoms with Crippen LogP contribution in [-0.4, -0.2) is 30.7 Å². The predicted molar refractivity (Wildman–Crippen MR) is 236 cm³/mol. The minimum atomic E-state index is 0. The molecule has 0 aliphatic rings. The van der Waals surface area contributed by atoms with Crippen molar-refractivity contribution >= 4 is 0 Å².